The predicted molar refractivity (Wildman–Crippen MR) is 72.0 cm³/mol. The topological polar surface area (TPSA) is 65.4 Å². The molecule has 0 atom stereocenters. The van der Waals surface area contributed by atoms with Crippen LogP contribution in [0.4, 0.5) is 0 Å². The number of hydrogen-bond acceptors (Lipinski definition) is 5. The third kappa shape index (κ3) is 3.21. The third-order valence-electron chi connectivity index (χ3n) is 2.64. The van der Waals surface area contributed by atoms with E-state index in [0.717, 1.165) is 23.7 Å². The molecule has 0 radical (unpaired) electrons. The number of benzene rings is 1. The zero-order chi connectivity index (χ0) is 13.0. The van der Waals surface area contributed by atoms with Gasteiger partial charge in [0.2, 0.25) is 0 Å². The molecule has 3 N–H and O–H groups in total. The van der Waals surface area contributed by atoms with Gasteiger partial charge in [0.1, 0.15) is 0 Å². The van der Waals surface area contributed by atoms with Gasteiger partial charge in [-0.2, -0.15) is 0 Å². The van der Waals surface area contributed by atoms with Gasteiger partial charge >= 0.3 is 0 Å². The Morgan fingerprint density at radius 1 is 1.33 bits per heavy atom. The molecule has 0 unspecified atom stereocenters. The Hall–Kier alpha value is -1.59. The lowest BCUT2D eigenvalue weighted by Crippen LogP contribution is -2.16. The highest BCUT2D eigenvalue weighted by Gasteiger charge is 2.05. The van der Waals surface area contributed by atoms with E-state index in [9.17, 15) is 10.2 Å². The first-order chi connectivity index (χ1) is 8.66. The van der Waals surface area contributed by atoms with Crippen molar-refractivity contribution in [2.75, 3.05) is 6.54 Å². The number of para-hydroxylation sites is 1. The van der Waals surface area contributed by atoms with Crippen LogP contribution in [-0.2, 0) is 13.0 Å². The second-order valence-corrected chi connectivity index (χ2v) is 5.13. The lowest BCUT2D eigenvalue weighted by molar-refractivity contribution is 0.398. The van der Waals surface area contributed by atoms with Gasteiger partial charge in [0.05, 0.1) is 10.7 Å². The number of phenolic OH excluding ortho intramolecular Hbond substituents is 2. The van der Waals surface area contributed by atoms with E-state index in [-0.39, 0.29) is 11.5 Å². The van der Waals surface area contributed by atoms with Gasteiger partial charge < -0.3 is 15.5 Å². The summed E-state index contributed by atoms with van der Waals surface area (Å²) in [6, 6.07) is 4.97. The Morgan fingerprint density at radius 3 is 2.89 bits per heavy atom. The molecule has 0 saturated carbocycles. The SMILES string of the molecule is Cc1nc(CCNCc2cccc(O)c2O)cs1. The van der Waals surface area contributed by atoms with Crippen molar-refractivity contribution in [1.82, 2.24) is 10.3 Å². The molecule has 0 saturated heterocycles. The normalized spacial score (nSPS) is 10.7. The van der Waals surface area contributed by atoms with Crippen molar-refractivity contribution >= 4 is 11.3 Å². The van der Waals surface area contributed by atoms with Crippen molar-refractivity contribution in [3.8, 4) is 11.5 Å². The van der Waals surface area contributed by atoms with E-state index >= 15 is 0 Å². The van der Waals surface area contributed by atoms with Gasteiger partial charge in [-0.15, -0.1) is 11.3 Å². The van der Waals surface area contributed by atoms with Crippen LogP contribution in [0.25, 0.3) is 0 Å². The van der Waals surface area contributed by atoms with Gasteiger partial charge in [-0.25, -0.2) is 4.98 Å². The Balaban J connectivity index is 1.80. The summed E-state index contributed by atoms with van der Waals surface area (Å²) in [6.07, 6.45) is 0.865. The molecule has 18 heavy (non-hydrogen) atoms. The van der Waals surface area contributed by atoms with Crippen LogP contribution in [0.2, 0.25) is 0 Å². The first-order valence-corrected chi connectivity index (χ1v) is 6.66. The number of rotatable bonds is 5. The molecule has 2 aromatic rings. The Bertz CT molecular complexity index is 525. The number of aryl methyl sites for hydroxylation is 1. The summed E-state index contributed by atoms with van der Waals surface area (Å²) < 4.78 is 0. The molecule has 4 nitrogen and oxygen atoms in total. The summed E-state index contributed by atoms with van der Waals surface area (Å²) in [7, 11) is 0. The molecular weight excluding hydrogens is 248 g/mol. The standard InChI is InChI=1S/C13H16N2O2S/c1-9-15-11(8-18-9)5-6-14-7-10-3-2-4-12(16)13(10)17/h2-4,8,14,16-17H,5-7H2,1H3. The minimum absolute atomic E-state index is 0.0468. The quantitative estimate of drug-likeness (QED) is 0.572. The van der Waals surface area contributed by atoms with Crippen LogP contribution in [0.15, 0.2) is 23.6 Å². The molecule has 0 aliphatic rings. The van der Waals surface area contributed by atoms with E-state index in [2.05, 4.69) is 15.7 Å². The van der Waals surface area contributed by atoms with Crippen LogP contribution >= 0.6 is 11.3 Å². The van der Waals surface area contributed by atoms with Gasteiger partial charge in [-0.3, -0.25) is 0 Å². The molecule has 2 rings (SSSR count). The van der Waals surface area contributed by atoms with E-state index < -0.39 is 0 Å². The molecule has 96 valence electrons. The summed E-state index contributed by atoms with van der Waals surface area (Å²) in [5, 5.41) is 25.3. The molecule has 0 aliphatic heterocycles. The van der Waals surface area contributed by atoms with Crippen molar-refractivity contribution in [3.63, 3.8) is 0 Å². The Labute approximate surface area is 110 Å². The summed E-state index contributed by atoms with van der Waals surface area (Å²) in [5.74, 6) is -0.126. The highest BCUT2D eigenvalue weighted by molar-refractivity contribution is 7.09. The number of hydrogen-bond donors (Lipinski definition) is 3. The van der Waals surface area contributed by atoms with E-state index in [1.807, 2.05) is 6.92 Å². The van der Waals surface area contributed by atoms with E-state index in [1.54, 1.807) is 23.5 Å². The maximum atomic E-state index is 9.62. The van der Waals surface area contributed by atoms with Crippen molar-refractivity contribution in [1.29, 1.82) is 0 Å². The molecule has 0 bridgehead atoms. The van der Waals surface area contributed by atoms with E-state index in [0.29, 0.717) is 12.1 Å². The van der Waals surface area contributed by atoms with Crippen molar-refractivity contribution in [2.24, 2.45) is 0 Å². The minimum atomic E-state index is -0.0792. The van der Waals surface area contributed by atoms with Gasteiger partial charge in [0, 0.05) is 30.5 Å². The maximum Gasteiger partial charge on any atom is 0.161 e. The first-order valence-electron chi connectivity index (χ1n) is 5.78. The number of nitrogens with one attached hydrogen (secondary N) is 1. The zero-order valence-electron chi connectivity index (χ0n) is 10.2. The predicted octanol–water partition coefficient (Wildman–Crippen LogP) is 2.20. The van der Waals surface area contributed by atoms with Gasteiger partial charge in [0.15, 0.2) is 11.5 Å². The number of phenols is 2. The smallest absolute Gasteiger partial charge is 0.161 e. The van der Waals surface area contributed by atoms with Gasteiger partial charge in [0.25, 0.3) is 0 Å². The molecule has 0 aliphatic carbocycles. The highest BCUT2D eigenvalue weighted by Crippen LogP contribution is 2.27. The number of aromatic hydroxyl groups is 2. The summed E-state index contributed by atoms with van der Waals surface area (Å²) in [4.78, 5) is 4.38. The zero-order valence-corrected chi connectivity index (χ0v) is 11.0. The fraction of sp³-hybridized carbons (Fsp3) is 0.308. The number of aromatic nitrogens is 1. The molecule has 1 aromatic carbocycles. The van der Waals surface area contributed by atoms with Crippen molar-refractivity contribution < 1.29 is 10.2 Å². The minimum Gasteiger partial charge on any atom is -0.504 e. The van der Waals surface area contributed by atoms with Crippen LogP contribution in [0.1, 0.15) is 16.3 Å². The molecule has 0 fully saturated rings. The second kappa shape index (κ2) is 5.84. The average molecular weight is 264 g/mol. The fourth-order valence-electron chi connectivity index (χ4n) is 1.68. The van der Waals surface area contributed by atoms with Crippen LogP contribution in [0.5, 0.6) is 11.5 Å². The molecule has 0 amide bonds. The first kappa shape index (κ1) is 12.9. The average Bonchev–Trinajstić information content (AvgIpc) is 2.76. The van der Waals surface area contributed by atoms with Crippen molar-refractivity contribution in [3.05, 3.63) is 39.8 Å². The number of nitrogens with zero attached hydrogens (tertiary/aromatic N) is 1. The number of thiazole rings is 1. The van der Waals surface area contributed by atoms with Crippen LogP contribution in [0.3, 0.4) is 0 Å². The van der Waals surface area contributed by atoms with Crippen LogP contribution in [0, 0.1) is 6.92 Å². The largest absolute Gasteiger partial charge is 0.504 e. The van der Waals surface area contributed by atoms with E-state index in [4.69, 9.17) is 0 Å². The van der Waals surface area contributed by atoms with Gasteiger partial charge in [-0.1, -0.05) is 12.1 Å². The van der Waals surface area contributed by atoms with E-state index in [1.165, 1.54) is 6.07 Å². The molecular formula is C13H16N2O2S. The Morgan fingerprint density at radius 2 is 2.17 bits per heavy atom. The van der Waals surface area contributed by atoms with Crippen molar-refractivity contribution in [2.45, 2.75) is 19.9 Å². The maximum absolute atomic E-state index is 9.62. The van der Waals surface area contributed by atoms with Crippen LogP contribution in [-0.4, -0.2) is 21.7 Å². The monoisotopic (exact) mass is 264 g/mol. The molecule has 0 spiro atoms. The van der Waals surface area contributed by atoms with Crippen LogP contribution < -0.4 is 5.32 Å². The fourth-order valence-corrected chi connectivity index (χ4v) is 2.33. The lowest BCUT2D eigenvalue weighted by Gasteiger charge is -2.07. The Kier molecular flexibility index (Phi) is 4.17. The second-order valence-electron chi connectivity index (χ2n) is 4.07. The molecule has 5 heteroatoms. The van der Waals surface area contributed by atoms with Gasteiger partial charge in [-0.05, 0) is 13.0 Å². The molecule has 1 aromatic heterocycles. The molecule has 1 heterocycles. The highest BCUT2D eigenvalue weighted by atomic mass is 32.1. The lowest BCUT2D eigenvalue weighted by atomic mass is 10.2. The summed E-state index contributed by atoms with van der Waals surface area (Å²) in [6.45, 7) is 3.31. The summed E-state index contributed by atoms with van der Waals surface area (Å²) in [5.41, 5.74) is 1.79. The summed E-state index contributed by atoms with van der Waals surface area (Å²) >= 11 is 1.65. The third-order valence-corrected chi connectivity index (χ3v) is 3.46.